The Morgan fingerprint density at radius 3 is 2.28 bits per heavy atom. The van der Waals surface area contributed by atoms with Gasteiger partial charge in [-0.15, -0.1) is 0 Å². The lowest BCUT2D eigenvalue weighted by molar-refractivity contribution is -0.135. The van der Waals surface area contributed by atoms with E-state index in [4.69, 9.17) is 5.11 Å². The van der Waals surface area contributed by atoms with E-state index in [2.05, 4.69) is 0 Å². The molecule has 1 heterocycles. The molecule has 0 aliphatic heterocycles. The summed E-state index contributed by atoms with van der Waals surface area (Å²) in [5.41, 5.74) is -2.76. The minimum absolute atomic E-state index is 0.0602. The minimum Gasteiger partial charge on any atom is -0.494 e. The number of aliphatic carboxylic acids is 1. The van der Waals surface area contributed by atoms with Crippen LogP contribution in [0.25, 0.3) is 0 Å². The first kappa shape index (κ1) is 22.9. The standard InChI is InChI=1S/C21H22FN3O7/c22-13-8-6-12(7-9-13)15(26)11-24-19(30)17(18(29)23-10-16(27)28)20(31)25(21(24)32)14-4-2-1-3-5-14/h6-9,14,30H,1-5,10-11H2,(H,23,29)(H,27,28). The molecule has 1 aliphatic carbocycles. The molecule has 0 unspecified atom stereocenters. The zero-order valence-corrected chi connectivity index (χ0v) is 17.0. The first-order chi connectivity index (χ1) is 15.2. The number of aromatic hydroxyl groups is 1. The van der Waals surface area contributed by atoms with Gasteiger partial charge in [0.2, 0.25) is 5.88 Å². The fourth-order valence-corrected chi connectivity index (χ4v) is 3.78. The molecule has 0 bridgehead atoms. The number of aromatic nitrogens is 2. The van der Waals surface area contributed by atoms with Crippen molar-refractivity contribution in [3.05, 3.63) is 62.0 Å². The fourth-order valence-electron chi connectivity index (χ4n) is 3.78. The number of rotatable bonds is 7. The van der Waals surface area contributed by atoms with Gasteiger partial charge in [-0.1, -0.05) is 19.3 Å². The van der Waals surface area contributed by atoms with Crippen LogP contribution in [0, 0.1) is 5.82 Å². The highest BCUT2D eigenvalue weighted by atomic mass is 19.1. The second-order valence-electron chi connectivity index (χ2n) is 7.54. The molecule has 10 nitrogen and oxygen atoms in total. The van der Waals surface area contributed by atoms with E-state index in [1.165, 1.54) is 12.1 Å². The van der Waals surface area contributed by atoms with Crippen LogP contribution < -0.4 is 16.6 Å². The Labute approximate surface area is 180 Å². The number of carboxylic acid groups (broad SMARTS) is 1. The summed E-state index contributed by atoms with van der Waals surface area (Å²) in [6, 6.07) is 4.00. The van der Waals surface area contributed by atoms with Gasteiger partial charge < -0.3 is 15.5 Å². The van der Waals surface area contributed by atoms with E-state index in [0.29, 0.717) is 17.4 Å². The van der Waals surface area contributed by atoms with Crippen molar-refractivity contribution in [2.75, 3.05) is 6.54 Å². The average Bonchev–Trinajstić information content (AvgIpc) is 2.76. The van der Waals surface area contributed by atoms with Gasteiger partial charge in [-0.25, -0.2) is 9.18 Å². The van der Waals surface area contributed by atoms with Crippen LogP contribution in [0.1, 0.15) is 58.9 Å². The molecule has 32 heavy (non-hydrogen) atoms. The highest BCUT2D eigenvalue weighted by molar-refractivity contribution is 5.98. The van der Waals surface area contributed by atoms with Crippen molar-refractivity contribution in [3.8, 4) is 5.88 Å². The largest absolute Gasteiger partial charge is 0.494 e. The van der Waals surface area contributed by atoms with Gasteiger partial charge in [0.25, 0.3) is 11.5 Å². The fraction of sp³-hybridized carbons (Fsp3) is 0.381. The molecule has 1 saturated carbocycles. The Kier molecular flexibility index (Phi) is 6.86. The first-order valence-electron chi connectivity index (χ1n) is 10.1. The number of benzene rings is 1. The van der Waals surface area contributed by atoms with Gasteiger partial charge in [0.15, 0.2) is 11.3 Å². The Morgan fingerprint density at radius 1 is 1.06 bits per heavy atom. The maximum Gasteiger partial charge on any atom is 0.334 e. The summed E-state index contributed by atoms with van der Waals surface area (Å²) in [7, 11) is 0. The zero-order chi connectivity index (χ0) is 23.4. The first-order valence-corrected chi connectivity index (χ1v) is 10.1. The van der Waals surface area contributed by atoms with Gasteiger partial charge >= 0.3 is 11.7 Å². The number of nitrogens with zero attached hydrogens (tertiary/aromatic N) is 2. The van der Waals surface area contributed by atoms with Crippen LogP contribution in [-0.2, 0) is 11.3 Å². The molecule has 11 heteroatoms. The van der Waals surface area contributed by atoms with E-state index in [1.807, 2.05) is 5.32 Å². The minimum atomic E-state index is -1.37. The third-order valence-electron chi connectivity index (χ3n) is 5.38. The molecule has 1 amide bonds. The molecule has 3 rings (SSSR count). The smallest absolute Gasteiger partial charge is 0.334 e. The molecule has 0 atom stereocenters. The van der Waals surface area contributed by atoms with Crippen LogP contribution in [0.15, 0.2) is 33.9 Å². The summed E-state index contributed by atoms with van der Waals surface area (Å²) in [5.74, 6) is -4.81. The number of carbonyl (C=O) groups excluding carboxylic acids is 2. The van der Waals surface area contributed by atoms with E-state index in [1.54, 1.807) is 0 Å². The predicted octanol–water partition coefficient (Wildman–Crippen LogP) is 1.06. The van der Waals surface area contributed by atoms with Crippen LogP contribution in [0.3, 0.4) is 0 Å². The number of hydrogen-bond acceptors (Lipinski definition) is 6. The number of amides is 1. The van der Waals surface area contributed by atoms with Crippen LogP contribution in [0.2, 0.25) is 0 Å². The van der Waals surface area contributed by atoms with E-state index in [0.717, 1.165) is 36.0 Å². The molecule has 1 aromatic carbocycles. The molecule has 1 fully saturated rings. The molecule has 1 aromatic heterocycles. The molecular formula is C21H22FN3O7. The molecular weight excluding hydrogens is 425 g/mol. The van der Waals surface area contributed by atoms with E-state index < -0.39 is 65.3 Å². The number of Topliss-reactive ketones (excluding diaryl/α,β-unsaturated/α-hetero) is 1. The monoisotopic (exact) mass is 447 g/mol. The van der Waals surface area contributed by atoms with E-state index in [-0.39, 0.29) is 5.56 Å². The summed E-state index contributed by atoms with van der Waals surface area (Å²) in [6.07, 6.45) is 3.44. The maximum atomic E-state index is 13.1. The van der Waals surface area contributed by atoms with Gasteiger partial charge in [0, 0.05) is 11.6 Å². The molecule has 1 aliphatic rings. The quantitative estimate of drug-likeness (QED) is 0.538. The average molecular weight is 447 g/mol. The van der Waals surface area contributed by atoms with Gasteiger partial charge in [-0.2, -0.15) is 0 Å². The molecule has 2 aromatic rings. The van der Waals surface area contributed by atoms with Gasteiger partial charge in [-0.05, 0) is 37.1 Å². The molecule has 0 saturated heterocycles. The summed E-state index contributed by atoms with van der Waals surface area (Å²) in [4.78, 5) is 62.0. The maximum absolute atomic E-state index is 13.1. The molecule has 0 spiro atoms. The number of ketones is 1. The Bertz CT molecular complexity index is 1160. The van der Waals surface area contributed by atoms with E-state index in [9.17, 15) is 33.5 Å². The van der Waals surface area contributed by atoms with Crippen molar-refractivity contribution in [1.29, 1.82) is 0 Å². The number of nitrogens with one attached hydrogen (secondary N) is 1. The highest BCUT2D eigenvalue weighted by Gasteiger charge is 2.29. The number of carbonyl (C=O) groups is 3. The van der Waals surface area contributed by atoms with Crippen LogP contribution in [-0.4, -0.2) is 43.6 Å². The predicted molar refractivity (Wildman–Crippen MR) is 109 cm³/mol. The SMILES string of the molecule is O=C(O)CNC(=O)c1c(O)n(CC(=O)c2ccc(F)cc2)c(=O)n(C2CCCCC2)c1=O. The molecule has 170 valence electrons. The van der Waals surface area contributed by atoms with Crippen LogP contribution in [0.5, 0.6) is 5.88 Å². The molecule has 3 N–H and O–H groups in total. The lowest BCUT2D eigenvalue weighted by Gasteiger charge is -2.25. The van der Waals surface area contributed by atoms with Crippen molar-refractivity contribution in [1.82, 2.24) is 14.5 Å². The summed E-state index contributed by atoms with van der Waals surface area (Å²) in [5, 5.41) is 21.4. The Balaban J connectivity index is 2.11. The van der Waals surface area contributed by atoms with Crippen molar-refractivity contribution in [3.63, 3.8) is 0 Å². The second-order valence-corrected chi connectivity index (χ2v) is 7.54. The number of carboxylic acids is 1. The zero-order valence-electron chi connectivity index (χ0n) is 17.0. The van der Waals surface area contributed by atoms with Crippen LogP contribution >= 0.6 is 0 Å². The third-order valence-corrected chi connectivity index (χ3v) is 5.38. The third kappa shape index (κ3) is 4.76. The van der Waals surface area contributed by atoms with Crippen molar-refractivity contribution in [2.45, 2.75) is 44.7 Å². The Morgan fingerprint density at radius 2 is 1.69 bits per heavy atom. The highest BCUT2D eigenvalue weighted by Crippen LogP contribution is 2.26. The van der Waals surface area contributed by atoms with Crippen LogP contribution in [0.4, 0.5) is 4.39 Å². The van der Waals surface area contributed by atoms with E-state index >= 15 is 0 Å². The van der Waals surface area contributed by atoms with Gasteiger partial charge in [-0.3, -0.25) is 28.3 Å². The summed E-state index contributed by atoms with van der Waals surface area (Å²) in [6.45, 7) is -1.52. The van der Waals surface area contributed by atoms with Crippen molar-refractivity contribution >= 4 is 17.7 Å². The lowest BCUT2D eigenvalue weighted by atomic mass is 9.95. The Hall–Kier alpha value is -3.76. The van der Waals surface area contributed by atoms with Gasteiger partial charge in [0.1, 0.15) is 12.4 Å². The normalized spacial score (nSPS) is 14.2. The second kappa shape index (κ2) is 9.58. The molecule has 0 radical (unpaired) electrons. The number of halogens is 1. The summed E-state index contributed by atoms with van der Waals surface area (Å²) < 4.78 is 14.6. The van der Waals surface area contributed by atoms with Crippen molar-refractivity contribution in [2.24, 2.45) is 0 Å². The number of hydrogen-bond donors (Lipinski definition) is 3. The lowest BCUT2D eigenvalue weighted by Crippen LogP contribution is -2.47. The summed E-state index contributed by atoms with van der Waals surface area (Å²) >= 11 is 0. The van der Waals surface area contributed by atoms with Crippen molar-refractivity contribution < 1.29 is 29.0 Å². The van der Waals surface area contributed by atoms with Gasteiger partial charge in [0.05, 0.1) is 6.54 Å². The topological polar surface area (TPSA) is 148 Å².